The monoisotopic (exact) mass is 298 g/mol. The topological polar surface area (TPSA) is 46.1 Å². The zero-order valence-electron chi connectivity index (χ0n) is 10.1. The molecule has 0 atom stereocenters. The molecule has 0 rings (SSSR count). The third-order valence-corrected chi connectivity index (χ3v) is 1.000. The SMILES string of the molecule is CCCC.CCCC.C[O-].C[O-].[Sn+2]. The van der Waals surface area contributed by atoms with Gasteiger partial charge >= 0.3 is 23.9 Å². The summed E-state index contributed by atoms with van der Waals surface area (Å²) in [6, 6.07) is 0. The van der Waals surface area contributed by atoms with Gasteiger partial charge in [0.1, 0.15) is 0 Å². The largest absolute Gasteiger partial charge is 2.00 e. The van der Waals surface area contributed by atoms with E-state index in [0.717, 1.165) is 14.2 Å². The quantitative estimate of drug-likeness (QED) is 0.719. The number of hydrogen-bond acceptors (Lipinski definition) is 2. The van der Waals surface area contributed by atoms with Gasteiger partial charge in [-0.05, 0) is 0 Å². The smallest absolute Gasteiger partial charge is 0.857 e. The normalized spacial score (nSPS) is 5.54. The van der Waals surface area contributed by atoms with Crippen LogP contribution in [0.5, 0.6) is 0 Å². The zero-order valence-corrected chi connectivity index (χ0v) is 13.0. The first-order chi connectivity index (χ1) is 5.83. The molecule has 0 aromatic rings. The van der Waals surface area contributed by atoms with E-state index in [1.165, 1.54) is 25.7 Å². The van der Waals surface area contributed by atoms with E-state index in [-0.39, 0.29) is 23.9 Å². The summed E-state index contributed by atoms with van der Waals surface area (Å²) in [5.41, 5.74) is 0. The molecule has 0 saturated carbocycles. The van der Waals surface area contributed by atoms with E-state index in [1.54, 1.807) is 0 Å². The Bertz CT molecular complexity index is 20.9. The molecule has 0 aliphatic carbocycles. The minimum Gasteiger partial charge on any atom is -0.857 e. The first-order valence-corrected chi connectivity index (χ1v) is 4.64. The molecule has 3 heteroatoms. The molecule has 0 fully saturated rings. The summed E-state index contributed by atoms with van der Waals surface area (Å²) in [5.74, 6) is 0. The summed E-state index contributed by atoms with van der Waals surface area (Å²) < 4.78 is 0. The van der Waals surface area contributed by atoms with E-state index in [2.05, 4.69) is 27.7 Å². The molecule has 0 spiro atoms. The van der Waals surface area contributed by atoms with E-state index in [1.807, 2.05) is 0 Å². The Labute approximate surface area is 102 Å². The van der Waals surface area contributed by atoms with Crippen LogP contribution in [0, 0.1) is 0 Å². The van der Waals surface area contributed by atoms with Crippen molar-refractivity contribution in [1.82, 2.24) is 0 Å². The average molecular weight is 297 g/mol. The Balaban J connectivity index is -0.0000000226. The molecule has 0 bridgehead atoms. The van der Waals surface area contributed by atoms with Gasteiger partial charge in [0.05, 0.1) is 0 Å². The Morgan fingerprint density at radius 2 is 0.615 bits per heavy atom. The Kier molecular flexibility index (Phi) is 176. The van der Waals surface area contributed by atoms with Crippen LogP contribution in [0.4, 0.5) is 0 Å². The van der Waals surface area contributed by atoms with Crippen LogP contribution in [0.3, 0.4) is 0 Å². The van der Waals surface area contributed by atoms with E-state index in [4.69, 9.17) is 10.2 Å². The van der Waals surface area contributed by atoms with Crippen molar-refractivity contribution >= 4 is 23.9 Å². The molecule has 82 valence electrons. The summed E-state index contributed by atoms with van der Waals surface area (Å²) in [5, 5.41) is 16.5. The molecule has 0 aromatic heterocycles. The zero-order chi connectivity index (χ0) is 10.8. The van der Waals surface area contributed by atoms with Crippen molar-refractivity contribution in [2.45, 2.75) is 53.4 Å². The van der Waals surface area contributed by atoms with Gasteiger partial charge in [-0.25, -0.2) is 0 Å². The fraction of sp³-hybridized carbons (Fsp3) is 1.00. The van der Waals surface area contributed by atoms with Gasteiger partial charge in [0.25, 0.3) is 0 Å². The van der Waals surface area contributed by atoms with E-state index in [9.17, 15) is 0 Å². The maximum atomic E-state index is 8.25. The van der Waals surface area contributed by atoms with Crippen LogP contribution in [-0.2, 0) is 0 Å². The van der Waals surface area contributed by atoms with E-state index < -0.39 is 0 Å². The van der Waals surface area contributed by atoms with Gasteiger partial charge in [-0.3, -0.25) is 0 Å². The fourth-order valence-corrected chi connectivity index (χ4v) is 0. The number of hydrogen-bond donors (Lipinski definition) is 0. The first-order valence-electron chi connectivity index (χ1n) is 4.64. The van der Waals surface area contributed by atoms with Crippen LogP contribution < -0.4 is 10.2 Å². The maximum Gasteiger partial charge on any atom is 2.00 e. The maximum absolute atomic E-state index is 8.25. The van der Waals surface area contributed by atoms with Crippen molar-refractivity contribution in [3.8, 4) is 0 Å². The average Bonchev–Trinajstić information content (AvgIpc) is 2.23. The summed E-state index contributed by atoms with van der Waals surface area (Å²) in [4.78, 5) is 0. The van der Waals surface area contributed by atoms with Crippen LogP contribution in [0.1, 0.15) is 53.4 Å². The van der Waals surface area contributed by atoms with Crippen LogP contribution >= 0.6 is 0 Å². The second-order valence-electron chi connectivity index (χ2n) is 2.00. The van der Waals surface area contributed by atoms with Crippen molar-refractivity contribution in [3.63, 3.8) is 0 Å². The predicted octanol–water partition coefficient (Wildman–Crippen LogP) is 1.19. The van der Waals surface area contributed by atoms with Gasteiger partial charge in [-0.15, -0.1) is 0 Å². The van der Waals surface area contributed by atoms with Crippen molar-refractivity contribution < 1.29 is 10.2 Å². The number of rotatable bonds is 2. The Morgan fingerprint density at radius 1 is 0.538 bits per heavy atom. The molecule has 0 heterocycles. The third-order valence-electron chi connectivity index (χ3n) is 1.000. The fourth-order valence-electron chi connectivity index (χ4n) is 0. The van der Waals surface area contributed by atoms with E-state index >= 15 is 0 Å². The van der Waals surface area contributed by atoms with Crippen LogP contribution in [-0.4, -0.2) is 38.1 Å². The minimum absolute atomic E-state index is 0. The van der Waals surface area contributed by atoms with Crippen molar-refractivity contribution in [2.24, 2.45) is 0 Å². The van der Waals surface area contributed by atoms with Crippen LogP contribution in [0.15, 0.2) is 0 Å². The van der Waals surface area contributed by atoms with Crippen LogP contribution in [0.2, 0.25) is 0 Å². The summed E-state index contributed by atoms with van der Waals surface area (Å²) in [7, 11) is 1.50. The predicted molar refractivity (Wildman–Crippen MR) is 58.8 cm³/mol. The van der Waals surface area contributed by atoms with Gasteiger partial charge < -0.3 is 10.2 Å². The number of unbranched alkanes of at least 4 members (excludes halogenated alkanes) is 2. The molecule has 13 heavy (non-hydrogen) atoms. The van der Waals surface area contributed by atoms with Gasteiger partial charge in [-0.2, -0.15) is 14.2 Å². The Morgan fingerprint density at radius 3 is 0.615 bits per heavy atom. The van der Waals surface area contributed by atoms with Crippen molar-refractivity contribution in [1.29, 1.82) is 0 Å². The van der Waals surface area contributed by atoms with Crippen LogP contribution in [0.25, 0.3) is 0 Å². The Hall–Kier alpha value is 0.719. The van der Waals surface area contributed by atoms with Crippen molar-refractivity contribution in [2.75, 3.05) is 14.2 Å². The molecule has 2 radical (unpaired) electrons. The van der Waals surface area contributed by atoms with Gasteiger partial charge in [0, 0.05) is 0 Å². The van der Waals surface area contributed by atoms with Gasteiger partial charge in [0.15, 0.2) is 0 Å². The molecule has 0 saturated heterocycles. The standard InChI is InChI=1S/2C4H10.2CH3O.Sn/c2*1-3-4-2;2*1-2;/h2*3-4H2,1-2H3;2*1H3;/q;;2*-1;+2. The summed E-state index contributed by atoms with van der Waals surface area (Å²) >= 11 is 0. The van der Waals surface area contributed by atoms with Gasteiger partial charge in [-0.1, -0.05) is 53.4 Å². The molecule has 0 amide bonds. The first kappa shape index (κ1) is 29.2. The molecule has 0 aliphatic rings. The van der Waals surface area contributed by atoms with E-state index in [0.29, 0.717) is 0 Å². The van der Waals surface area contributed by atoms with Crippen molar-refractivity contribution in [3.05, 3.63) is 0 Å². The molecule has 2 nitrogen and oxygen atoms in total. The molecule has 0 N–H and O–H groups in total. The molecule has 0 unspecified atom stereocenters. The molecule has 0 aliphatic heterocycles. The second kappa shape index (κ2) is 78.4. The molecular formula is C10H26O2Sn. The third kappa shape index (κ3) is 198. The molecule has 0 aromatic carbocycles. The summed E-state index contributed by atoms with van der Waals surface area (Å²) in [6.07, 6.45) is 5.28. The summed E-state index contributed by atoms with van der Waals surface area (Å²) in [6.45, 7) is 8.72. The second-order valence-corrected chi connectivity index (χ2v) is 2.00. The molecular weight excluding hydrogens is 271 g/mol. The van der Waals surface area contributed by atoms with Gasteiger partial charge in [0.2, 0.25) is 0 Å². The minimum atomic E-state index is 0.